The second-order valence-electron chi connectivity index (χ2n) is 3.19. The maximum absolute atomic E-state index is 7.26. The molecule has 3 heteroatoms. The van der Waals surface area contributed by atoms with Crippen LogP contribution in [0.1, 0.15) is 5.56 Å². The van der Waals surface area contributed by atoms with Crippen molar-refractivity contribution in [2.45, 2.75) is 6.42 Å². The molecule has 1 aromatic carbocycles. The van der Waals surface area contributed by atoms with E-state index in [0.29, 0.717) is 6.42 Å². The Labute approximate surface area is 82.1 Å². The minimum Gasteiger partial charge on any atom is -0.387 e. The summed E-state index contributed by atoms with van der Waals surface area (Å²) in [5, 5.41) is 8.35. The Balaban J connectivity index is 2.59. The first-order valence-electron chi connectivity index (χ1n) is 4.43. The number of nitrogens with two attached hydrogens (primary N) is 1. The third kappa shape index (κ3) is 1.57. The van der Waals surface area contributed by atoms with E-state index in [0.717, 1.165) is 16.5 Å². The van der Waals surface area contributed by atoms with E-state index in [1.54, 1.807) is 6.20 Å². The first kappa shape index (κ1) is 8.69. The lowest BCUT2D eigenvalue weighted by Crippen LogP contribution is -2.13. The summed E-state index contributed by atoms with van der Waals surface area (Å²) >= 11 is 0. The molecule has 0 amide bonds. The Hall–Kier alpha value is -1.90. The van der Waals surface area contributed by atoms with Crippen LogP contribution in [0.3, 0.4) is 0 Å². The van der Waals surface area contributed by atoms with Gasteiger partial charge in [0.15, 0.2) is 0 Å². The van der Waals surface area contributed by atoms with Gasteiger partial charge < -0.3 is 5.73 Å². The van der Waals surface area contributed by atoms with Gasteiger partial charge in [0.25, 0.3) is 0 Å². The zero-order valence-corrected chi connectivity index (χ0v) is 7.70. The SMILES string of the molecule is N=C(N)Cc1cccc2cccnc12. The first-order valence-corrected chi connectivity index (χ1v) is 4.43. The normalized spacial score (nSPS) is 10.3. The highest BCUT2D eigenvalue weighted by atomic mass is 14.7. The molecule has 0 fully saturated rings. The van der Waals surface area contributed by atoms with Crippen molar-refractivity contribution >= 4 is 16.7 Å². The number of benzene rings is 1. The van der Waals surface area contributed by atoms with E-state index in [4.69, 9.17) is 11.1 Å². The quantitative estimate of drug-likeness (QED) is 0.552. The van der Waals surface area contributed by atoms with Gasteiger partial charge in [0.2, 0.25) is 0 Å². The van der Waals surface area contributed by atoms with Crippen molar-refractivity contribution in [2.24, 2.45) is 5.73 Å². The number of fused-ring (bicyclic) bond motifs is 1. The Morgan fingerprint density at radius 1 is 1.29 bits per heavy atom. The zero-order chi connectivity index (χ0) is 9.97. The van der Waals surface area contributed by atoms with Crippen molar-refractivity contribution in [3.63, 3.8) is 0 Å². The molecule has 0 aliphatic heterocycles. The highest BCUT2D eigenvalue weighted by molar-refractivity contribution is 5.87. The number of para-hydroxylation sites is 1. The van der Waals surface area contributed by atoms with Crippen molar-refractivity contribution in [2.75, 3.05) is 0 Å². The van der Waals surface area contributed by atoms with Crippen LogP contribution in [0, 0.1) is 5.41 Å². The Bertz CT molecular complexity index is 471. The number of rotatable bonds is 2. The monoisotopic (exact) mass is 185 g/mol. The number of hydrogen-bond donors (Lipinski definition) is 2. The predicted octanol–water partition coefficient (Wildman–Crippen LogP) is 1.71. The fourth-order valence-electron chi connectivity index (χ4n) is 1.52. The van der Waals surface area contributed by atoms with Crippen LogP contribution in [0.25, 0.3) is 10.9 Å². The Kier molecular flexibility index (Phi) is 2.14. The topological polar surface area (TPSA) is 62.8 Å². The summed E-state index contributed by atoms with van der Waals surface area (Å²) < 4.78 is 0. The molecule has 0 spiro atoms. The molecule has 0 radical (unpaired) electrons. The minimum atomic E-state index is 0.170. The van der Waals surface area contributed by atoms with Crippen LogP contribution < -0.4 is 5.73 Å². The molecule has 0 atom stereocenters. The molecule has 0 saturated carbocycles. The van der Waals surface area contributed by atoms with Crippen LogP contribution in [-0.4, -0.2) is 10.8 Å². The van der Waals surface area contributed by atoms with Crippen LogP contribution in [0.15, 0.2) is 36.5 Å². The fourth-order valence-corrected chi connectivity index (χ4v) is 1.52. The second kappa shape index (κ2) is 3.46. The van der Waals surface area contributed by atoms with Gasteiger partial charge in [-0.3, -0.25) is 10.4 Å². The van der Waals surface area contributed by atoms with Crippen LogP contribution in [-0.2, 0) is 6.42 Å². The zero-order valence-electron chi connectivity index (χ0n) is 7.70. The number of amidine groups is 1. The van der Waals surface area contributed by atoms with Crippen molar-refractivity contribution in [1.29, 1.82) is 5.41 Å². The molecule has 3 nitrogen and oxygen atoms in total. The van der Waals surface area contributed by atoms with E-state index >= 15 is 0 Å². The lowest BCUT2D eigenvalue weighted by molar-refractivity contribution is 1.24. The molecule has 70 valence electrons. The summed E-state index contributed by atoms with van der Waals surface area (Å²) in [5.41, 5.74) is 7.32. The summed E-state index contributed by atoms with van der Waals surface area (Å²) in [6, 6.07) is 9.83. The fraction of sp³-hybridized carbons (Fsp3) is 0.0909. The lowest BCUT2D eigenvalue weighted by Gasteiger charge is -2.03. The van der Waals surface area contributed by atoms with Crippen molar-refractivity contribution < 1.29 is 0 Å². The molecule has 0 unspecified atom stereocenters. The summed E-state index contributed by atoms with van der Waals surface area (Å²) in [7, 11) is 0. The van der Waals surface area contributed by atoms with Crippen molar-refractivity contribution in [3.8, 4) is 0 Å². The van der Waals surface area contributed by atoms with Gasteiger partial charge in [0.05, 0.1) is 11.4 Å². The van der Waals surface area contributed by atoms with Gasteiger partial charge >= 0.3 is 0 Å². The van der Waals surface area contributed by atoms with Crippen LogP contribution in [0.5, 0.6) is 0 Å². The van der Waals surface area contributed by atoms with E-state index in [-0.39, 0.29) is 5.84 Å². The number of hydrogen-bond acceptors (Lipinski definition) is 2. The number of aromatic nitrogens is 1. The minimum absolute atomic E-state index is 0.170. The van der Waals surface area contributed by atoms with Gasteiger partial charge in [0.1, 0.15) is 0 Å². The van der Waals surface area contributed by atoms with E-state index < -0.39 is 0 Å². The molecule has 0 aliphatic rings. The first-order chi connectivity index (χ1) is 6.77. The van der Waals surface area contributed by atoms with E-state index in [9.17, 15) is 0 Å². The average Bonchev–Trinajstić information content (AvgIpc) is 2.18. The average molecular weight is 185 g/mol. The van der Waals surface area contributed by atoms with Gasteiger partial charge in [-0.25, -0.2) is 0 Å². The Morgan fingerprint density at radius 3 is 2.86 bits per heavy atom. The molecule has 0 aliphatic carbocycles. The smallest absolute Gasteiger partial charge is 0.0950 e. The predicted molar refractivity (Wildman–Crippen MR) is 57.4 cm³/mol. The molecule has 1 heterocycles. The molecule has 2 rings (SSSR count). The maximum atomic E-state index is 7.26. The number of pyridine rings is 1. The second-order valence-corrected chi connectivity index (χ2v) is 3.19. The van der Waals surface area contributed by atoms with Gasteiger partial charge in [-0.05, 0) is 11.6 Å². The molecular weight excluding hydrogens is 174 g/mol. The molecule has 0 bridgehead atoms. The van der Waals surface area contributed by atoms with E-state index in [2.05, 4.69) is 4.98 Å². The van der Waals surface area contributed by atoms with E-state index in [1.165, 1.54) is 0 Å². The summed E-state index contributed by atoms with van der Waals surface area (Å²) in [4.78, 5) is 4.28. The van der Waals surface area contributed by atoms with Crippen LogP contribution in [0.4, 0.5) is 0 Å². The van der Waals surface area contributed by atoms with Crippen LogP contribution >= 0.6 is 0 Å². The van der Waals surface area contributed by atoms with Gasteiger partial charge in [0, 0.05) is 18.0 Å². The Morgan fingerprint density at radius 2 is 2.07 bits per heavy atom. The largest absolute Gasteiger partial charge is 0.387 e. The lowest BCUT2D eigenvalue weighted by atomic mass is 10.1. The summed E-state index contributed by atoms with van der Waals surface area (Å²) in [5.74, 6) is 0.170. The van der Waals surface area contributed by atoms with Crippen molar-refractivity contribution in [3.05, 3.63) is 42.1 Å². The third-order valence-electron chi connectivity index (χ3n) is 2.10. The highest BCUT2D eigenvalue weighted by Crippen LogP contribution is 2.15. The highest BCUT2D eigenvalue weighted by Gasteiger charge is 2.01. The van der Waals surface area contributed by atoms with Gasteiger partial charge in [-0.1, -0.05) is 24.3 Å². The molecular formula is C11H11N3. The summed E-state index contributed by atoms with van der Waals surface area (Å²) in [6.07, 6.45) is 2.22. The standard InChI is InChI=1S/C11H11N3/c12-10(13)7-9-4-1-3-8-5-2-6-14-11(8)9/h1-6H,7H2,(H3,12,13). The molecule has 3 N–H and O–H groups in total. The molecule has 0 saturated heterocycles. The molecule has 14 heavy (non-hydrogen) atoms. The molecule has 2 aromatic rings. The number of nitrogens with one attached hydrogen (secondary N) is 1. The van der Waals surface area contributed by atoms with Gasteiger partial charge in [-0.2, -0.15) is 0 Å². The third-order valence-corrected chi connectivity index (χ3v) is 2.10. The van der Waals surface area contributed by atoms with Crippen LogP contribution in [0.2, 0.25) is 0 Å². The summed E-state index contributed by atoms with van der Waals surface area (Å²) in [6.45, 7) is 0. The number of nitrogens with zero attached hydrogens (tertiary/aromatic N) is 1. The molecule has 1 aromatic heterocycles. The maximum Gasteiger partial charge on any atom is 0.0950 e. The van der Waals surface area contributed by atoms with Gasteiger partial charge in [-0.15, -0.1) is 0 Å². The van der Waals surface area contributed by atoms with Crippen molar-refractivity contribution in [1.82, 2.24) is 4.98 Å². The van der Waals surface area contributed by atoms with E-state index in [1.807, 2.05) is 30.3 Å².